The van der Waals surface area contributed by atoms with Crippen LogP contribution >= 0.6 is 22.6 Å². The molecular weight excluding hydrogens is 593 g/mol. The van der Waals surface area contributed by atoms with Gasteiger partial charge in [-0.3, -0.25) is 25.0 Å². The highest BCUT2D eigenvalue weighted by molar-refractivity contribution is 14.1. The number of nitro groups is 1. The maximum atomic E-state index is 13.1. The van der Waals surface area contributed by atoms with Crippen LogP contribution < -0.4 is 19.7 Å². The van der Waals surface area contributed by atoms with Crippen LogP contribution in [0.15, 0.2) is 66.2 Å². The summed E-state index contributed by atoms with van der Waals surface area (Å²) < 4.78 is 12.2. The van der Waals surface area contributed by atoms with Crippen LogP contribution in [0.1, 0.15) is 16.7 Å². The molecule has 0 aromatic heterocycles. The van der Waals surface area contributed by atoms with Crippen molar-refractivity contribution in [2.24, 2.45) is 0 Å². The molecular formula is C26H20IN3O7. The van der Waals surface area contributed by atoms with Crippen LogP contribution in [0.5, 0.6) is 11.5 Å². The molecule has 0 unspecified atom stereocenters. The highest BCUT2D eigenvalue weighted by Gasteiger charge is 2.37. The fourth-order valence-electron chi connectivity index (χ4n) is 3.59. The third-order valence-corrected chi connectivity index (χ3v) is 6.29. The molecule has 1 fully saturated rings. The zero-order valence-corrected chi connectivity index (χ0v) is 21.8. The average molecular weight is 613 g/mol. The number of nitrogens with one attached hydrogen (secondary N) is 1. The fourth-order valence-corrected chi connectivity index (χ4v) is 4.37. The molecule has 4 rings (SSSR count). The molecule has 0 atom stereocenters. The number of carbonyl (C=O) groups excluding carboxylic acids is 3. The minimum absolute atomic E-state index is 0.0820. The first-order chi connectivity index (χ1) is 17.7. The molecule has 10 nitrogen and oxygen atoms in total. The number of benzene rings is 3. The standard InChI is InChI=1S/C26H20IN3O7/c1-15-3-5-16(6-4-15)14-37-23-21(27)12-17(13-22(23)36-2)11-20-24(31)28-26(33)29(25(20)32)18-7-9-19(10-8-18)30(34)35/h3-13H,14H2,1-2H3,(H,28,31,33)/b20-11+. The number of rotatable bonds is 7. The van der Waals surface area contributed by atoms with Crippen molar-refractivity contribution < 1.29 is 28.8 Å². The number of halogens is 1. The van der Waals surface area contributed by atoms with Gasteiger partial charge < -0.3 is 9.47 Å². The summed E-state index contributed by atoms with van der Waals surface area (Å²) in [4.78, 5) is 49.2. The van der Waals surface area contributed by atoms with E-state index < -0.39 is 22.8 Å². The summed E-state index contributed by atoms with van der Waals surface area (Å²) in [6.07, 6.45) is 1.34. The van der Waals surface area contributed by atoms with Gasteiger partial charge >= 0.3 is 6.03 Å². The van der Waals surface area contributed by atoms with E-state index in [2.05, 4.69) is 27.9 Å². The number of methoxy groups -OCH3 is 1. The van der Waals surface area contributed by atoms with Crippen molar-refractivity contribution in [2.75, 3.05) is 12.0 Å². The molecule has 37 heavy (non-hydrogen) atoms. The number of nitro benzene ring substituents is 1. The van der Waals surface area contributed by atoms with E-state index in [1.165, 1.54) is 25.3 Å². The van der Waals surface area contributed by atoms with Crippen LogP contribution in [0.4, 0.5) is 16.2 Å². The van der Waals surface area contributed by atoms with Crippen molar-refractivity contribution >= 4 is 57.9 Å². The van der Waals surface area contributed by atoms with Gasteiger partial charge in [-0.25, -0.2) is 9.69 Å². The maximum Gasteiger partial charge on any atom is 0.335 e. The molecule has 0 aliphatic carbocycles. The summed E-state index contributed by atoms with van der Waals surface area (Å²) in [5.74, 6) is -0.816. The van der Waals surface area contributed by atoms with Crippen molar-refractivity contribution in [3.8, 4) is 11.5 Å². The van der Waals surface area contributed by atoms with E-state index in [0.717, 1.165) is 28.2 Å². The zero-order valence-electron chi connectivity index (χ0n) is 19.7. The molecule has 3 aromatic carbocycles. The quantitative estimate of drug-likeness (QED) is 0.134. The lowest BCUT2D eigenvalue weighted by atomic mass is 10.1. The molecule has 0 radical (unpaired) electrons. The molecule has 11 heteroatoms. The summed E-state index contributed by atoms with van der Waals surface area (Å²) in [6, 6.07) is 15.2. The number of urea groups is 1. The minimum atomic E-state index is -0.951. The Morgan fingerprint density at radius 1 is 1.05 bits per heavy atom. The monoisotopic (exact) mass is 613 g/mol. The van der Waals surface area contributed by atoms with E-state index in [9.17, 15) is 24.5 Å². The van der Waals surface area contributed by atoms with Gasteiger partial charge in [-0.05, 0) is 71.0 Å². The molecule has 1 aliphatic heterocycles. The second-order valence-electron chi connectivity index (χ2n) is 8.04. The van der Waals surface area contributed by atoms with Crippen LogP contribution in [-0.2, 0) is 16.2 Å². The van der Waals surface area contributed by atoms with Gasteiger partial charge in [-0.2, -0.15) is 0 Å². The molecule has 1 heterocycles. The van der Waals surface area contributed by atoms with Crippen molar-refractivity contribution in [1.82, 2.24) is 5.32 Å². The SMILES string of the molecule is COc1cc(/C=C2\C(=O)NC(=O)N(c3ccc([N+](=O)[O-])cc3)C2=O)cc(I)c1OCc1ccc(C)cc1. The molecule has 1 aliphatic rings. The van der Waals surface area contributed by atoms with Crippen LogP contribution in [0, 0.1) is 20.6 Å². The number of hydrogen-bond donors (Lipinski definition) is 1. The van der Waals surface area contributed by atoms with Gasteiger partial charge in [-0.1, -0.05) is 29.8 Å². The topological polar surface area (TPSA) is 128 Å². The van der Waals surface area contributed by atoms with Crippen molar-refractivity contribution in [2.45, 2.75) is 13.5 Å². The summed E-state index contributed by atoms with van der Waals surface area (Å²) in [7, 11) is 1.48. The number of carbonyl (C=O) groups is 3. The number of ether oxygens (including phenoxy) is 2. The van der Waals surface area contributed by atoms with Crippen LogP contribution in [0.2, 0.25) is 0 Å². The first-order valence-electron chi connectivity index (χ1n) is 10.9. The Hall–Kier alpha value is -4.26. The largest absolute Gasteiger partial charge is 0.493 e. The van der Waals surface area contributed by atoms with E-state index in [4.69, 9.17) is 9.47 Å². The molecule has 0 spiro atoms. The normalized spacial score (nSPS) is 14.5. The van der Waals surface area contributed by atoms with Gasteiger partial charge in [0, 0.05) is 12.1 Å². The number of hydrogen-bond acceptors (Lipinski definition) is 7. The minimum Gasteiger partial charge on any atom is -0.493 e. The number of non-ortho nitro benzene ring substituents is 1. The van der Waals surface area contributed by atoms with Crippen LogP contribution in [0.3, 0.4) is 0 Å². The molecule has 188 valence electrons. The molecule has 0 saturated carbocycles. The lowest BCUT2D eigenvalue weighted by Gasteiger charge is -2.26. The van der Waals surface area contributed by atoms with E-state index in [-0.39, 0.29) is 16.9 Å². The van der Waals surface area contributed by atoms with Crippen LogP contribution in [-0.4, -0.2) is 29.9 Å². The zero-order chi connectivity index (χ0) is 26.7. The van der Waals surface area contributed by atoms with Crippen molar-refractivity contribution in [3.63, 3.8) is 0 Å². The Bertz CT molecular complexity index is 1430. The van der Waals surface area contributed by atoms with Gasteiger partial charge in [0.15, 0.2) is 11.5 Å². The Morgan fingerprint density at radius 2 is 1.73 bits per heavy atom. The number of aryl methyl sites for hydroxylation is 1. The number of imide groups is 2. The number of nitrogens with zero attached hydrogens (tertiary/aromatic N) is 2. The average Bonchev–Trinajstić information content (AvgIpc) is 2.86. The first kappa shape index (κ1) is 25.8. The molecule has 3 aromatic rings. The van der Waals surface area contributed by atoms with Crippen molar-refractivity contribution in [1.29, 1.82) is 0 Å². The lowest BCUT2D eigenvalue weighted by molar-refractivity contribution is -0.384. The van der Waals surface area contributed by atoms with E-state index in [0.29, 0.717) is 27.2 Å². The number of anilines is 1. The third-order valence-electron chi connectivity index (χ3n) is 5.49. The molecule has 4 amide bonds. The number of barbiturate groups is 1. The predicted octanol–water partition coefficient (Wildman–Crippen LogP) is 4.76. The van der Waals surface area contributed by atoms with Gasteiger partial charge in [0.2, 0.25) is 0 Å². The highest BCUT2D eigenvalue weighted by atomic mass is 127. The van der Waals surface area contributed by atoms with Gasteiger partial charge in [-0.15, -0.1) is 0 Å². The second kappa shape index (κ2) is 10.8. The molecule has 0 bridgehead atoms. The lowest BCUT2D eigenvalue weighted by Crippen LogP contribution is -2.54. The van der Waals surface area contributed by atoms with E-state index >= 15 is 0 Å². The summed E-state index contributed by atoms with van der Waals surface area (Å²) in [5, 5.41) is 13.0. The number of amides is 4. The second-order valence-corrected chi connectivity index (χ2v) is 9.20. The third kappa shape index (κ3) is 5.61. The molecule has 1 N–H and O–H groups in total. The Morgan fingerprint density at radius 3 is 2.35 bits per heavy atom. The van der Waals surface area contributed by atoms with E-state index in [1.54, 1.807) is 12.1 Å². The highest BCUT2D eigenvalue weighted by Crippen LogP contribution is 2.35. The van der Waals surface area contributed by atoms with Gasteiger partial charge in [0.1, 0.15) is 12.2 Å². The Kier molecular flexibility index (Phi) is 7.53. The summed E-state index contributed by atoms with van der Waals surface area (Å²) in [6.45, 7) is 2.32. The van der Waals surface area contributed by atoms with Gasteiger partial charge in [0.05, 0.1) is 21.3 Å². The van der Waals surface area contributed by atoms with Crippen molar-refractivity contribution in [3.05, 3.63) is 96.6 Å². The first-order valence-corrected chi connectivity index (χ1v) is 12.0. The van der Waals surface area contributed by atoms with Crippen LogP contribution in [0.25, 0.3) is 6.08 Å². The molecule has 1 saturated heterocycles. The fraction of sp³-hybridized carbons (Fsp3) is 0.115. The van der Waals surface area contributed by atoms with E-state index in [1.807, 2.05) is 31.2 Å². The summed E-state index contributed by atoms with van der Waals surface area (Å²) in [5.41, 5.74) is 2.19. The summed E-state index contributed by atoms with van der Waals surface area (Å²) >= 11 is 2.07. The Balaban J connectivity index is 1.62. The smallest absolute Gasteiger partial charge is 0.335 e. The van der Waals surface area contributed by atoms with Gasteiger partial charge in [0.25, 0.3) is 17.5 Å². The predicted molar refractivity (Wildman–Crippen MR) is 143 cm³/mol. The Labute approximate surface area is 225 Å². The maximum absolute atomic E-state index is 13.1.